The Kier molecular flexibility index (Phi) is 3.59. The monoisotopic (exact) mass is 156 g/mol. The minimum atomic E-state index is -0.283. The average Bonchev–Trinajstić information content (AvgIpc) is 1.88. The molecule has 3 nitrogen and oxygen atoms in total. The van der Waals surface area contributed by atoms with Gasteiger partial charge in [0.15, 0.2) is 5.78 Å². The topological polar surface area (TPSA) is 66.9 Å². The minimum absolute atomic E-state index is 0.0486. The SMILES string of the molecule is CSC(N)=C(C#N)C(C)=O. The summed E-state index contributed by atoms with van der Waals surface area (Å²) in [7, 11) is 0. The third kappa shape index (κ3) is 2.11. The van der Waals surface area contributed by atoms with Gasteiger partial charge in [-0.1, -0.05) is 0 Å². The summed E-state index contributed by atoms with van der Waals surface area (Å²) in [5, 5.41) is 8.66. The third-order valence-electron chi connectivity index (χ3n) is 0.930. The molecule has 0 heterocycles. The normalized spacial score (nSPS) is 11.7. The van der Waals surface area contributed by atoms with Gasteiger partial charge in [-0.15, -0.1) is 11.8 Å². The van der Waals surface area contributed by atoms with E-state index in [-0.39, 0.29) is 16.4 Å². The molecule has 0 aromatic carbocycles. The van der Waals surface area contributed by atoms with Gasteiger partial charge >= 0.3 is 0 Å². The number of nitriles is 1. The van der Waals surface area contributed by atoms with Crippen molar-refractivity contribution < 1.29 is 4.79 Å². The van der Waals surface area contributed by atoms with E-state index in [2.05, 4.69) is 0 Å². The van der Waals surface area contributed by atoms with Crippen LogP contribution < -0.4 is 5.73 Å². The number of ketones is 1. The Morgan fingerprint density at radius 2 is 2.20 bits per heavy atom. The first-order valence-corrected chi connectivity index (χ1v) is 3.80. The fourth-order valence-electron chi connectivity index (χ4n) is 0.409. The van der Waals surface area contributed by atoms with Crippen LogP contribution >= 0.6 is 11.8 Å². The van der Waals surface area contributed by atoms with E-state index in [1.807, 2.05) is 0 Å². The Hall–Kier alpha value is -0.950. The molecule has 0 saturated heterocycles. The molecule has 10 heavy (non-hydrogen) atoms. The Morgan fingerprint density at radius 3 is 2.30 bits per heavy atom. The number of carbonyl (C=O) groups excluding carboxylic acids is 1. The van der Waals surface area contributed by atoms with Crippen LogP contribution in [-0.2, 0) is 4.79 Å². The first-order valence-electron chi connectivity index (χ1n) is 2.58. The van der Waals surface area contributed by atoms with Crippen molar-refractivity contribution in [3.8, 4) is 6.07 Å². The fourth-order valence-corrected chi connectivity index (χ4v) is 0.803. The van der Waals surface area contributed by atoms with Crippen molar-refractivity contribution in [3.63, 3.8) is 0 Å². The van der Waals surface area contributed by atoms with Crippen molar-refractivity contribution in [2.75, 3.05) is 6.26 Å². The second-order valence-electron chi connectivity index (χ2n) is 1.61. The average molecular weight is 156 g/mol. The van der Waals surface area contributed by atoms with E-state index >= 15 is 0 Å². The molecule has 4 heteroatoms. The van der Waals surface area contributed by atoms with E-state index in [4.69, 9.17) is 11.0 Å². The number of thioether (sulfide) groups is 1. The molecule has 0 atom stereocenters. The van der Waals surface area contributed by atoms with Gasteiger partial charge in [-0.05, 0) is 13.2 Å². The zero-order valence-corrected chi connectivity index (χ0v) is 6.66. The molecule has 54 valence electrons. The van der Waals surface area contributed by atoms with Crippen molar-refractivity contribution >= 4 is 17.5 Å². The van der Waals surface area contributed by atoms with Crippen molar-refractivity contribution in [1.82, 2.24) is 0 Å². The van der Waals surface area contributed by atoms with Gasteiger partial charge in [0, 0.05) is 0 Å². The lowest BCUT2D eigenvalue weighted by molar-refractivity contribution is -0.113. The van der Waals surface area contributed by atoms with Gasteiger partial charge in [0.2, 0.25) is 0 Å². The molecular weight excluding hydrogens is 148 g/mol. The van der Waals surface area contributed by atoms with E-state index in [1.165, 1.54) is 18.7 Å². The number of rotatable bonds is 2. The van der Waals surface area contributed by atoms with Crippen LogP contribution in [0.1, 0.15) is 6.92 Å². The number of Topliss-reactive ketones (excluding diaryl/α,β-unsaturated/α-hetero) is 1. The summed E-state index contributed by atoms with van der Waals surface area (Å²) in [5.74, 6) is -0.283. The van der Waals surface area contributed by atoms with Crippen LogP contribution in [-0.4, -0.2) is 12.0 Å². The van der Waals surface area contributed by atoms with E-state index in [9.17, 15) is 4.79 Å². The highest BCUT2D eigenvalue weighted by molar-refractivity contribution is 8.02. The predicted molar refractivity (Wildman–Crippen MR) is 41.0 cm³/mol. The molecule has 0 spiro atoms. The zero-order valence-electron chi connectivity index (χ0n) is 5.84. The Bertz CT molecular complexity index is 214. The molecule has 0 fully saturated rings. The first-order chi connectivity index (χ1) is 4.63. The van der Waals surface area contributed by atoms with Gasteiger partial charge in [0.05, 0.1) is 5.03 Å². The maximum atomic E-state index is 10.6. The highest BCUT2D eigenvalue weighted by Crippen LogP contribution is 2.10. The predicted octanol–water partition coefficient (Wildman–Crippen LogP) is 0.632. The molecule has 0 aliphatic heterocycles. The number of nitrogens with two attached hydrogens (primary N) is 1. The molecule has 0 rings (SSSR count). The molecule has 0 aliphatic rings. The molecular formula is C6H8N2OS. The molecule has 0 unspecified atom stereocenters. The molecule has 0 aromatic heterocycles. The summed E-state index contributed by atoms with van der Waals surface area (Å²) in [6.07, 6.45) is 1.72. The smallest absolute Gasteiger partial charge is 0.172 e. The second-order valence-corrected chi connectivity index (χ2v) is 2.46. The summed E-state index contributed by atoms with van der Waals surface area (Å²) in [6.45, 7) is 1.32. The van der Waals surface area contributed by atoms with Crippen molar-refractivity contribution in [2.45, 2.75) is 6.92 Å². The van der Waals surface area contributed by atoms with E-state index in [1.54, 1.807) is 12.3 Å². The standard InChI is InChI=1S/C6H8N2OS/c1-4(9)5(3-7)6(8)10-2/h8H2,1-2H3. The summed E-state index contributed by atoms with van der Waals surface area (Å²) < 4.78 is 0. The largest absolute Gasteiger partial charge is 0.392 e. The van der Waals surface area contributed by atoms with Gasteiger partial charge in [0.1, 0.15) is 11.6 Å². The fraction of sp³-hybridized carbons (Fsp3) is 0.333. The first kappa shape index (κ1) is 9.05. The van der Waals surface area contributed by atoms with E-state index in [0.717, 1.165) is 0 Å². The lowest BCUT2D eigenvalue weighted by Crippen LogP contribution is -2.03. The Balaban J connectivity index is 4.68. The van der Waals surface area contributed by atoms with Gasteiger partial charge < -0.3 is 5.73 Å². The quantitative estimate of drug-likeness (QED) is 0.470. The number of hydrogen-bond acceptors (Lipinski definition) is 4. The minimum Gasteiger partial charge on any atom is -0.392 e. The molecule has 0 amide bonds. The number of nitrogens with zero attached hydrogens (tertiary/aromatic N) is 1. The highest BCUT2D eigenvalue weighted by atomic mass is 32.2. The molecule has 0 bridgehead atoms. The van der Waals surface area contributed by atoms with Crippen LogP contribution in [0.15, 0.2) is 10.6 Å². The third-order valence-corrected chi connectivity index (χ3v) is 1.57. The van der Waals surface area contributed by atoms with Crippen LogP contribution in [0.2, 0.25) is 0 Å². The van der Waals surface area contributed by atoms with Crippen LogP contribution in [0.25, 0.3) is 0 Å². The van der Waals surface area contributed by atoms with Gasteiger partial charge in [0.25, 0.3) is 0 Å². The second kappa shape index (κ2) is 3.96. The maximum absolute atomic E-state index is 10.6. The molecule has 0 saturated carbocycles. The van der Waals surface area contributed by atoms with Crippen molar-refractivity contribution in [3.05, 3.63) is 10.6 Å². The summed E-state index contributed by atoms with van der Waals surface area (Å²) >= 11 is 1.20. The Morgan fingerprint density at radius 1 is 1.70 bits per heavy atom. The molecule has 0 radical (unpaired) electrons. The van der Waals surface area contributed by atoms with Crippen LogP contribution in [0.3, 0.4) is 0 Å². The van der Waals surface area contributed by atoms with Crippen LogP contribution in [0.5, 0.6) is 0 Å². The maximum Gasteiger partial charge on any atom is 0.172 e. The van der Waals surface area contributed by atoms with Gasteiger partial charge in [-0.2, -0.15) is 5.26 Å². The van der Waals surface area contributed by atoms with Crippen molar-refractivity contribution in [2.24, 2.45) is 5.73 Å². The summed E-state index contributed by atoms with van der Waals surface area (Å²) in [5.41, 5.74) is 5.38. The molecule has 0 aromatic rings. The number of carbonyl (C=O) groups is 1. The zero-order chi connectivity index (χ0) is 8.15. The molecule has 2 N–H and O–H groups in total. The van der Waals surface area contributed by atoms with Crippen molar-refractivity contribution in [1.29, 1.82) is 5.26 Å². The van der Waals surface area contributed by atoms with Crippen LogP contribution in [0.4, 0.5) is 0 Å². The van der Waals surface area contributed by atoms with Gasteiger partial charge in [-0.3, -0.25) is 4.79 Å². The van der Waals surface area contributed by atoms with E-state index in [0.29, 0.717) is 0 Å². The molecule has 0 aliphatic carbocycles. The lowest BCUT2D eigenvalue weighted by atomic mass is 10.2. The van der Waals surface area contributed by atoms with E-state index < -0.39 is 0 Å². The Labute approximate surface area is 63.9 Å². The number of hydrogen-bond donors (Lipinski definition) is 1. The van der Waals surface area contributed by atoms with Gasteiger partial charge in [-0.25, -0.2) is 0 Å². The highest BCUT2D eigenvalue weighted by Gasteiger charge is 2.06. The summed E-state index contributed by atoms with van der Waals surface area (Å²) in [6, 6.07) is 1.74. The lowest BCUT2D eigenvalue weighted by Gasteiger charge is -1.95. The number of allylic oxidation sites excluding steroid dienone is 1. The van der Waals surface area contributed by atoms with Crippen LogP contribution in [0, 0.1) is 11.3 Å². The summed E-state index contributed by atoms with van der Waals surface area (Å²) in [4.78, 5) is 10.6.